The summed E-state index contributed by atoms with van der Waals surface area (Å²) in [6.45, 7) is 8.17. The molecule has 1 saturated carbocycles. The number of nitrogens with zero attached hydrogens (tertiary/aromatic N) is 2. The fourth-order valence-corrected chi connectivity index (χ4v) is 2.75. The van der Waals surface area contributed by atoms with Crippen molar-refractivity contribution in [1.82, 2.24) is 15.8 Å². The summed E-state index contributed by atoms with van der Waals surface area (Å²) in [6, 6.07) is 0.408. The molecule has 1 aliphatic heterocycles. The lowest BCUT2D eigenvalue weighted by Crippen LogP contribution is -2.49. The lowest BCUT2D eigenvalue weighted by molar-refractivity contribution is 0.425. The molecule has 0 atom stereocenters. The predicted octanol–water partition coefficient (Wildman–Crippen LogP) is 2.50. The third-order valence-electron chi connectivity index (χ3n) is 3.71. The number of hydrogen-bond donors (Lipinski definition) is 3. The first-order chi connectivity index (χ1) is 9.17. The SMILES string of the molecule is C=C1NC(C)=C(CC)C(=NC2CCCC2)N1NC=N. The molecule has 19 heavy (non-hydrogen) atoms. The van der Waals surface area contributed by atoms with Crippen molar-refractivity contribution in [2.75, 3.05) is 0 Å². The van der Waals surface area contributed by atoms with Crippen LogP contribution in [-0.4, -0.2) is 23.2 Å². The summed E-state index contributed by atoms with van der Waals surface area (Å²) in [5.41, 5.74) is 5.18. The van der Waals surface area contributed by atoms with E-state index in [1.807, 2.05) is 0 Å². The third kappa shape index (κ3) is 2.80. The molecule has 0 aromatic rings. The minimum Gasteiger partial charge on any atom is -0.344 e. The van der Waals surface area contributed by atoms with Gasteiger partial charge in [0.2, 0.25) is 0 Å². The fourth-order valence-electron chi connectivity index (χ4n) is 2.75. The van der Waals surface area contributed by atoms with Crippen molar-refractivity contribution in [3.8, 4) is 0 Å². The molecule has 0 saturated heterocycles. The van der Waals surface area contributed by atoms with Gasteiger partial charge in [0.15, 0.2) is 5.84 Å². The summed E-state index contributed by atoms with van der Waals surface area (Å²) in [5.74, 6) is 1.63. The Hall–Kier alpha value is -1.78. The van der Waals surface area contributed by atoms with Crippen LogP contribution in [0.2, 0.25) is 0 Å². The van der Waals surface area contributed by atoms with Crippen LogP contribution in [0.15, 0.2) is 28.7 Å². The Bertz CT molecular complexity index is 429. The van der Waals surface area contributed by atoms with E-state index in [2.05, 4.69) is 31.2 Å². The molecule has 0 radical (unpaired) electrons. The van der Waals surface area contributed by atoms with Crippen LogP contribution in [-0.2, 0) is 0 Å². The van der Waals surface area contributed by atoms with Gasteiger partial charge >= 0.3 is 0 Å². The summed E-state index contributed by atoms with van der Waals surface area (Å²) in [7, 11) is 0. The number of aliphatic imine (C=N–C) groups is 1. The Kier molecular flexibility index (Phi) is 4.24. The molecule has 5 nitrogen and oxygen atoms in total. The molecule has 1 aliphatic carbocycles. The van der Waals surface area contributed by atoms with E-state index in [1.165, 1.54) is 18.4 Å². The summed E-state index contributed by atoms with van der Waals surface area (Å²) in [6.07, 6.45) is 6.93. The summed E-state index contributed by atoms with van der Waals surface area (Å²) in [5, 5.41) is 12.3. The minimum absolute atomic E-state index is 0.408. The van der Waals surface area contributed by atoms with E-state index in [1.54, 1.807) is 5.01 Å². The van der Waals surface area contributed by atoms with Crippen LogP contribution in [0.25, 0.3) is 0 Å². The Morgan fingerprint density at radius 1 is 1.53 bits per heavy atom. The number of nitrogens with one attached hydrogen (secondary N) is 3. The van der Waals surface area contributed by atoms with Crippen LogP contribution in [0, 0.1) is 5.41 Å². The van der Waals surface area contributed by atoms with Gasteiger partial charge in [-0.15, -0.1) is 0 Å². The van der Waals surface area contributed by atoms with Crippen LogP contribution >= 0.6 is 0 Å². The van der Waals surface area contributed by atoms with Gasteiger partial charge in [0.25, 0.3) is 0 Å². The molecular formula is C14H23N5. The molecule has 1 heterocycles. The average Bonchev–Trinajstić information content (AvgIpc) is 2.87. The maximum absolute atomic E-state index is 7.26. The van der Waals surface area contributed by atoms with E-state index in [0.29, 0.717) is 6.04 Å². The van der Waals surface area contributed by atoms with Crippen LogP contribution in [0.4, 0.5) is 0 Å². The lowest BCUT2D eigenvalue weighted by atomic mass is 10.1. The van der Waals surface area contributed by atoms with Gasteiger partial charge < -0.3 is 5.32 Å². The van der Waals surface area contributed by atoms with Gasteiger partial charge in [-0.2, -0.15) is 0 Å². The normalized spacial score (nSPS) is 22.9. The van der Waals surface area contributed by atoms with Crippen molar-refractivity contribution in [3.63, 3.8) is 0 Å². The maximum Gasteiger partial charge on any atom is 0.154 e. The molecule has 3 N–H and O–H groups in total. The molecule has 2 aliphatic rings. The van der Waals surface area contributed by atoms with Crippen molar-refractivity contribution < 1.29 is 0 Å². The molecule has 1 fully saturated rings. The first kappa shape index (κ1) is 13.6. The molecule has 0 spiro atoms. The largest absolute Gasteiger partial charge is 0.344 e. The summed E-state index contributed by atoms with van der Waals surface area (Å²) >= 11 is 0. The maximum atomic E-state index is 7.26. The summed E-state index contributed by atoms with van der Waals surface area (Å²) < 4.78 is 0. The Morgan fingerprint density at radius 3 is 2.79 bits per heavy atom. The highest BCUT2D eigenvalue weighted by molar-refractivity contribution is 6.01. The van der Waals surface area contributed by atoms with E-state index in [9.17, 15) is 0 Å². The highest BCUT2D eigenvalue weighted by Gasteiger charge is 2.26. The zero-order valence-corrected chi connectivity index (χ0v) is 11.8. The van der Waals surface area contributed by atoms with Gasteiger partial charge in [0.05, 0.1) is 12.4 Å². The van der Waals surface area contributed by atoms with Crippen LogP contribution in [0.5, 0.6) is 0 Å². The monoisotopic (exact) mass is 261 g/mol. The van der Waals surface area contributed by atoms with Gasteiger partial charge in [-0.1, -0.05) is 26.3 Å². The molecule has 104 valence electrons. The zero-order chi connectivity index (χ0) is 13.8. The molecule has 5 heteroatoms. The smallest absolute Gasteiger partial charge is 0.154 e. The topological polar surface area (TPSA) is 63.5 Å². The van der Waals surface area contributed by atoms with Crippen molar-refractivity contribution in [2.45, 2.75) is 52.0 Å². The van der Waals surface area contributed by atoms with Gasteiger partial charge in [-0.25, -0.2) is 5.01 Å². The molecule has 0 amide bonds. The average molecular weight is 261 g/mol. The second-order valence-corrected chi connectivity index (χ2v) is 5.03. The van der Waals surface area contributed by atoms with E-state index in [0.717, 1.165) is 43.0 Å². The minimum atomic E-state index is 0.408. The van der Waals surface area contributed by atoms with Crippen molar-refractivity contribution in [1.29, 1.82) is 5.41 Å². The molecule has 0 unspecified atom stereocenters. The van der Waals surface area contributed by atoms with Crippen LogP contribution in [0.1, 0.15) is 46.0 Å². The molecule has 0 aromatic carbocycles. The van der Waals surface area contributed by atoms with E-state index >= 15 is 0 Å². The zero-order valence-electron chi connectivity index (χ0n) is 11.8. The second-order valence-electron chi connectivity index (χ2n) is 5.03. The van der Waals surface area contributed by atoms with Gasteiger partial charge in [0, 0.05) is 11.3 Å². The van der Waals surface area contributed by atoms with E-state index in [4.69, 9.17) is 10.4 Å². The van der Waals surface area contributed by atoms with Crippen LogP contribution in [0.3, 0.4) is 0 Å². The van der Waals surface area contributed by atoms with Gasteiger partial charge in [-0.05, 0) is 26.2 Å². The third-order valence-corrected chi connectivity index (χ3v) is 3.71. The highest BCUT2D eigenvalue weighted by Crippen LogP contribution is 2.25. The van der Waals surface area contributed by atoms with Crippen molar-refractivity contribution in [3.05, 3.63) is 23.7 Å². The lowest BCUT2D eigenvalue weighted by Gasteiger charge is -2.34. The molecule has 0 bridgehead atoms. The van der Waals surface area contributed by atoms with Gasteiger partial charge in [-0.3, -0.25) is 15.8 Å². The Morgan fingerprint density at radius 2 is 2.21 bits per heavy atom. The van der Waals surface area contributed by atoms with E-state index in [-0.39, 0.29) is 0 Å². The number of allylic oxidation sites excluding steroid dienone is 1. The van der Waals surface area contributed by atoms with E-state index < -0.39 is 0 Å². The fraction of sp³-hybridized carbons (Fsp3) is 0.571. The quantitative estimate of drug-likeness (QED) is 0.538. The number of amidine groups is 1. The van der Waals surface area contributed by atoms with Gasteiger partial charge in [0.1, 0.15) is 5.82 Å². The Labute approximate surface area is 115 Å². The molecule has 0 aromatic heterocycles. The Balaban J connectivity index is 2.36. The number of hydrazine groups is 1. The second kappa shape index (κ2) is 5.91. The van der Waals surface area contributed by atoms with Crippen molar-refractivity contribution in [2.24, 2.45) is 4.99 Å². The molecule has 2 rings (SSSR count). The highest BCUT2D eigenvalue weighted by atomic mass is 15.6. The predicted molar refractivity (Wildman–Crippen MR) is 78.7 cm³/mol. The number of rotatable bonds is 4. The first-order valence-electron chi connectivity index (χ1n) is 6.96. The number of hydrogen-bond acceptors (Lipinski definition) is 3. The molecular weight excluding hydrogens is 238 g/mol. The first-order valence-corrected chi connectivity index (χ1v) is 6.96. The van der Waals surface area contributed by atoms with Crippen LogP contribution < -0.4 is 10.7 Å². The van der Waals surface area contributed by atoms with Crippen molar-refractivity contribution >= 4 is 12.2 Å². The standard InChI is InChI=1S/C14H23N5/c1-4-13-10(2)17-11(3)19(16-9-15)14(13)18-12-7-5-6-8-12/h9,12,17H,3-8H2,1-2H3,(H2,15,16). The summed E-state index contributed by atoms with van der Waals surface area (Å²) in [4.78, 5) is 4.91.